The van der Waals surface area contributed by atoms with Crippen LogP contribution in [0.4, 0.5) is 0 Å². The standard InChI is InChI=1S/C15H16N2O3/c1-4-7-17-15(18)12(10-16)8-11-5-6-13(19-2)14(9-11)20-3/h4-6,8-9H,1,7H2,2-3H3,(H,17,18)/b12-8-. The largest absolute Gasteiger partial charge is 0.493 e. The number of carbonyl (C=O) groups excluding carboxylic acids is 1. The van der Waals surface area contributed by atoms with Gasteiger partial charge in [0.1, 0.15) is 11.6 Å². The summed E-state index contributed by atoms with van der Waals surface area (Å²) in [5, 5.41) is 11.6. The second-order valence-corrected chi connectivity index (χ2v) is 3.78. The number of ether oxygens (including phenoxy) is 2. The number of carbonyl (C=O) groups is 1. The zero-order chi connectivity index (χ0) is 15.0. The Morgan fingerprint density at radius 2 is 2.10 bits per heavy atom. The number of nitrogens with one attached hydrogen (secondary N) is 1. The van der Waals surface area contributed by atoms with Crippen LogP contribution in [0, 0.1) is 11.3 Å². The molecule has 0 fully saturated rings. The number of methoxy groups -OCH3 is 2. The molecular weight excluding hydrogens is 256 g/mol. The molecule has 1 aromatic rings. The van der Waals surface area contributed by atoms with E-state index in [1.807, 2.05) is 6.07 Å². The van der Waals surface area contributed by atoms with Crippen LogP contribution in [0.25, 0.3) is 6.08 Å². The van der Waals surface area contributed by atoms with Gasteiger partial charge in [-0.3, -0.25) is 4.79 Å². The summed E-state index contributed by atoms with van der Waals surface area (Å²) in [4.78, 5) is 11.7. The van der Waals surface area contributed by atoms with E-state index < -0.39 is 5.91 Å². The second kappa shape index (κ2) is 7.64. The van der Waals surface area contributed by atoms with Crippen molar-refractivity contribution in [3.63, 3.8) is 0 Å². The maximum Gasteiger partial charge on any atom is 0.262 e. The zero-order valence-corrected chi connectivity index (χ0v) is 11.5. The number of hydrogen-bond donors (Lipinski definition) is 1. The van der Waals surface area contributed by atoms with Gasteiger partial charge in [0.2, 0.25) is 0 Å². The molecule has 0 aliphatic carbocycles. The minimum absolute atomic E-state index is 0.0130. The van der Waals surface area contributed by atoms with Crippen molar-refractivity contribution in [1.82, 2.24) is 5.32 Å². The number of amides is 1. The van der Waals surface area contributed by atoms with Crippen molar-refractivity contribution in [2.24, 2.45) is 0 Å². The van der Waals surface area contributed by atoms with Gasteiger partial charge < -0.3 is 14.8 Å². The van der Waals surface area contributed by atoms with Gasteiger partial charge in [-0.25, -0.2) is 0 Å². The number of benzene rings is 1. The van der Waals surface area contributed by atoms with Gasteiger partial charge in [-0.2, -0.15) is 5.26 Å². The van der Waals surface area contributed by atoms with Crippen molar-refractivity contribution in [3.8, 4) is 17.6 Å². The monoisotopic (exact) mass is 272 g/mol. The molecule has 0 atom stereocenters. The molecule has 0 saturated carbocycles. The number of rotatable bonds is 6. The van der Waals surface area contributed by atoms with E-state index in [9.17, 15) is 4.79 Å². The molecule has 0 bridgehead atoms. The van der Waals surface area contributed by atoms with E-state index in [-0.39, 0.29) is 5.57 Å². The molecule has 20 heavy (non-hydrogen) atoms. The molecule has 104 valence electrons. The summed E-state index contributed by atoms with van der Waals surface area (Å²) >= 11 is 0. The summed E-state index contributed by atoms with van der Waals surface area (Å²) < 4.78 is 10.3. The number of hydrogen-bond acceptors (Lipinski definition) is 4. The maximum absolute atomic E-state index is 11.7. The molecule has 5 nitrogen and oxygen atoms in total. The Bertz CT molecular complexity index is 571. The van der Waals surface area contributed by atoms with Crippen molar-refractivity contribution < 1.29 is 14.3 Å². The van der Waals surface area contributed by atoms with Gasteiger partial charge in [-0.1, -0.05) is 12.1 Å². The molecule has 1 N–H and O–H groups in total. The second-order valence-electron chi connectivity index (χ2n) is 3.78. The highest BCUT2D eigenvalue weighted by atomic mass is 16.5. The first kappa shape index (κ1) is 15.3. The fourth-order valence-electron chi connectivity index (χ4n) is 1.52. The molecule has 0 heterocycles. The van der Waals surface area contributed by atoms with E-state index >= 15 is 0 Å². The molecule has 0 aliphatic heterocycles. The molecule has 0 saturated heterocycles. The topological polar surface area (TPSA) is 71.4 Å². The van der Waals surface area contributed by atoms with Crippen LogP contribution < -0.4 is 14.8 Å². The van der Waals surface area contributed by atoms with Crippen LogP contribution in [-0.4, -0.2) is 26.7 Å². The summed E-state index contributed by atoms with van der Waals surface area (Å²) in [5.41, 5.74) is 0.687. The molecule has 0 aromatic heterocycles. The summed E-state index contributed by atoms with van der Waals surface area (Å²) in [6, 6.07) is 7.00. The highest BCUT2D eigenvalue weighted by Gasteiger charge is 2.09. The van der Waals surface area contributed by atoms with Crippen LogP contribution in [0.5, 0.6) is 11.5 Å². The van der Waals surface area contributed by atoms with Crippen LogP contribution in [0.15, 0.2) is 36.4 Å². The lowest BCUT2D eigenvalue weighted by atomic mass is 10.1. The Balaban J connectivity index is 3.04. The summed E-state index contributed by atoms with van der Waals surface area (Å²) in [6.07, 6.45) is 3.03. The molecule has 5 heteroatoms. The average Bonchev–Trinajstić information content (AvgIpc) is 2.49. The normalized spacial score (nSPS) is 10.3. The maximum atomic E-state index is 11.7. The Labute approximate surface area is 118 Å². The minimum Gasteiger partial charge on any atom is -0.493 e. The third-order valence-corrected chi connectivity index (χ3v) is 2.49. The summed E-state index contributed by atoms with van der Waals surface area (Å²) in [7, 11) is 3.06. The van der Waals surface area contributed by atoms with Crippen LogP contribution >= 0.6 is 0 Å². The first-order valence-electron chi connectivity index (χ1n) is 5.89. The van der Waals surface area contributed by atoms with Crippen molar-refractivity contribution in [3.05, 3.63) is 42.0 Å². The fourth-order valence-corrected chi connectivity index (χ4v) is 1.52. The molecule has 0 unspecified atom stereocenters. The van der Waals surface area contributed by atoms with Gasteiger partial charge in [0.15, 0.2) is 11.5 Å². The lowest BCUT2D eigenvalue weighted by Crippen LogP contribution is -2.24. The SMILES string of the molecule is C=CCNC(=O)/C(C#N)=C\c1ccc(OC)c(OC)c1. The van der Waals surface area contributed by atoms with Gasteiger partial charge in [0.05, 0.1) is 14.2 Å². The smallest absolute Gasteiger partial charge is 0.262 e. The van der Waals surface area contributed by atoms with E-state index in [2.05, 4.69) is 11.9 Å². The highest BCUT2D eigenvalue weighted by molar-refractivity contribution is 6.01. The third kappa shape index (κ3) is 3.89. The minimum atomic E-state index is -0.442. The van der Waals surface area contributed by atoms with E-state index in [1.54, 1.807) is 24.3 Å². The van der Waals surface area contributed by atoms with Crippen LogP contribution in [0.3, 0.4) is 0 Å². The predicted molar refractivity (Wildman–Crippen MR) is 76.3 cm³/mol. The van der Waals surface area contributed by atoms with Crippen molar-refractivity contribution in [2.75, 3.05) is 20.8 Å². The summed E-state index contributed by atoms with van der Waals surface area (Å²) in [5.74, 6) is 0.673. The third-order valence-electron chi connectivity index (χ3n) is 2.49. The van der Waals surface area contributed by atoms with Crippen molar-refractivity contribution in [1.29, 1.82) is 5.26 Å². The van der Waals surface area contributed by atoms with E-state index in [4.69, 9.17) is 14.7 Å². The average molecular weight is 272 g/mol. The van der Waals surface area contributed by atoms with E-state index in [1.165, 1.54) is 20.3 Å². The molecule has 1 rings (SSSR count). The van der Waals surface area contributed by atoms with E-state index in [0.29, 0.717) is 23.6 Å². The molecular formula is C15H16N2O3. The zero-order valence-electron chi connectivity index (χ0n) is 11.5. The quantitative estimate of drug-likeness (QED) is 0.488. The Morgan fingerprint density at radius 1 is 1.40 bits per heavy atom. The van der Waals surface area contributed by atoms with Crippen LogP contribution in [-0.2, 0) is 4.79 Å². The summed E-state index contributed by atoms with van der Waals surface area (Å²) in [6.45, 7) is 3.81. The molecule has 0 aliphatic rings. The van der Waals surface area contributed by atoms with Gasteiger partial charge >= 0.3 is 0 Å². The van der Waals surface area contributed by atoms with Crippen LogP contribution in [0.1, 0.15) is 5.56 Å². The fraction of sp³-hybridized carbons (Fsp3) is 0.200. The van der Waals surface area contributed by atoms with Gasteiger partial charge in [-0.15, -0.1) is 6.58 Å². The van der Waals surface area contributed by atoms with Gasteiger partial charge in [0, 0.05) is 6.54 Å². The van der Waals surface area contributed by atoms with Crippen LogP contribution in [0.2, 0.25) is 0 Å². The Kier molecular flexibility index (Phi) is 5.85. The molecule has 0 spiro atoms. The van der Waals surface area contributed by atoms with Gasteiger partial charge in [-0.05, 0) is 23.8 Å². The molecule has 0 radical (unpaired) electrons. The number of nitrogens with zero attached hydrogens (tertiary/aromatic N) is 1. The van der Waals surface area contributed by atoms with E-state index in [0.717, 1.165) is 0 Å². The predicted octanol–water partition coefficient (Wildman–Crippen LogP) is 1.91. The Morgan fingerprint density at radius 3 is 2.65 bits per heavy atom. The first-order chi connectivity index (χ1) is 9.65. The van der Waals surface area contributed by atoms with Crippen molar-refractivity contribution >= 4 is 12.0 Å². The first-order valence-corrected chi connectivity index (χ1v) is 5.89. The highest BCUT2D eigenvalue weighted by Crippen LogP contribution is 2.28. The van der Waals surface area contributed by atoms with Crippen molar-refractivity contribution in [2.45, 2.75) is 0 Å². The van der Waals surface area contributed by atoms with Gasteiger partial charge in [0.25, 0.3) is 5.91 Å². The molecule has 1 aromatic carbocycles. The Hall–Kier alpha value is -2.74. The lowest BCUT2D eigenvalue weighted by molar-refractivity contribution is -0.116. The number of nitriles is 1. The molecule has 1 amide bonds. The lowest BCUT2D eigenvalue weighted by Gasteiger charge is -2.08.